The Morgan fingerprint density at radius 1 is 1.22 bits per heavy atom. The normalized spacial score (nSPS) is 12.3. The summed E-state index contributed by atoms with van der Waals surface area (Å²) in [6.45, 7) is 3.04. The van der Waals surface area contributed by atoms with Gasteiger partial charge in [0.05, 0.1) is 11.7 Å². The van der Waals surface area contributed by atoms with Gasteiger partial charge in [0.15, 0.2) is 0 Å². The molecule has 0 amide bonds. The Bertz CT molecular complexity index is 470. The Kier molecular flexibility index (Phi) is 5.07. The summed E-state index contributed by atoms with van der Waals surface area (Å²) in [6, 6.07) is 10.8. The van der Waals surface area contributed by atoms with Crippen LogP contribution in [-0.2, 0) is 6.42 Å². The number of halogens is 1. The largest absolute Gasteiger partial charge is 0.309 e. The average molecular weight is 353 g/mol. The maximum atomic E-state index is 4.34. The zero-order valence-corrected chi connectivity index (χ0v) is 12.5. The molecule has 0 aliphatic carbocycles. The Morgan fingerprint density at radius 2 is 2.00 bits per heavy atom. The van der Waals surface area contributed by atoms with E-state index in [1.807, 2.05) is 6.07 Å². The summed E-state index contributed by atoms with van der Waals surface area (Å²) in [5.41, 5.74) is 2.37. The van der Waals surface area contributed by atoms with Crippen molar-refractivity contribution in [3.05, 3.63) is 57.7 Å². The van der Waals surface area contributed by atoms with Crippen molar-refractivity contribution in [3.63, 3.8) is 0 Å². The SMILES string of the molecule is CCNC(Cc1ccc(I)cc1)c1ccncn1. The highest BCUT2D eigenvalue weighted by molar-refractivity contribution is 14.1. The first-order chi connectivity index (χ1) is 8.79. The fraction of sp³-hybridized carbons (Fsp3) is 0.286. The molecule has 0 fully saturated rings. The van der Waals surface area contributed by atoms with Crippen LogP contribution in [0.3, 0.4) is 0 Å². The van der Waals surface area contributed by atoms with Crippen LogP contribution in [0, 0.1) is 3.57 Å². The third-order valence-electron chi connectivity index (χ3n) is 2.77. The summed E-state index contributed by atoms with van der Waals surface area (Å²) >= 11 is 2.32. The van der Waals surface area contributed by atoms with E-state index in [0.29, 0.717) is 0 Å². The molecule has 1 N–H and O–H groups in total. The van der Waals surface area contributed by atoms with Gasteiger partial charge >= 0.3 is 0 Å². The van der Waals surface area contributed by atoms with Gasteiger partial charge in [-0.2, -0.15) is 0 Å². The Labute approximate surface area is 121 Å². The molecule has 1 aromatic carbocycles. The highest BCUT2D eigenvalue weighted by Gasteiger charge is 2.12. The number of benzene rings is 1. The second-order valence-electron chi connectivity index (χ2n) is 4.08. The molecular formula is C14H16IN3. The number of aromatic nitrogens is 2. The van der Waals surface area contributed by atoms with Crippen molar-refractivity contribution in [3.8, 4) is 0 Å². The van der Waals surface area contributed by atoms with Crippen LogP contribution in [0.25, 0.3) is 0 Å². The van der Waals surface area contributed by atoms with Crippen molar-refractivity contribution in [2.24, 2.45) is 0 Å². The number of nitrogens with zero attached hydrogens (tertiary/aromatic N) is 2. The maximum Gasteiger partial charge on any atom is 0.115 e. The van der Waals surface area contributed by atoms with Gasteiger partial charge in [0.1, 0.15) is 6.33 Å². The molecule has 2 rings (SSSR count). The molecule has 18 heavy (non-hydrogen) atoms. The average Bonchev–Trinajstić information content (AvgIpc) is 2.42. The fourth-order valence-electron chi connectivity index (χ4n) is 1.89. The van der Waals surface area contributed by atoms with Gasteiger partial charge < -0.3 is 5.32 Å². The Balaban J connectivity index is 2.14. The van der Waals surface area contributed by atoms with Crippen molar-refractivity contribution in [1.82, 2.24) is 15.3 Å². The lowest BCUT2D eigenvalue weighted by Crippen LogP contribution is -2.23. The fourth-order valence-corrected chi connectivity index (χ4v) is 2.25. The van der Waals surface area contributed by atoms with Crippen LogP contribution in [0.1, 0.15) is 24.2 Å². The molecule has 1 unspecified atom stereocenters. The van der Waals surface area contributed by atoms with Gasteiger partial charge in [-0.3, -0.25) is 0 Å². The van der Waals surface area contributed by atoms with E-state index in [-0.39, 0.29) is 6.04 Å². The molecule has 2 aromatic rings. The lowest BCUT2D eigenvalue weighted by atomic mass is 10.0. The topological polar surface area (TPSA) is 37.8 Å². The lowest BCUT2D eigenvalue weighted by molar-refractivity contribution is 0.535. The molecule has 0 aliphatic heterocycles. The van der Waals surface area contributed by atoms with E-state index >= 15 is 0 Å². The second kappa shape index (κ2) is 6.80. The lowest BCUT2D eigenvalue weighted by Gasteiger charge is -2.17. The third kappa shape index (κ3) is 3.74. The molecule has 0 spiro atoms. The monoisotopic (exact) mass is 353 g/mol. The third-order valence-corrected chi connectivity index (χ3v) is 3.48. The van der Waals surface area contributed by atoms with Crippen LogP contribution in [0.5, 0.6) is 0 Å². The molecule has 0 aliphatic rings. The maximum absolute atomic E-state index is 4.34. The van der Waals surface area contributed by atoms with Crippen molar-refractivity contribution in [2.45, 2.75) is 19.4 Å². The van der Waals surface area contributed by atoms with E-state index in [1.165, 1.54) is 9.13 Å². The number of rotatable bonds is 5. The summed E-state index contributed by atoms with van der Waals surface area (Å²) < 4.78 is 1.26. The summed E-state index contributed by atoms with van der Waals surface area (Å²) in [5, 5.41) is 3.47. The zero-order chi connectivity index (χ0) is 12.8. The van der Waals surface area contributed by atoms with Crippen LogP contribution in [0.4, 0.5) is 0 Å². The zero-order valence-electron chi connectivity index (χ0n) is 10.3. The van der Waals surface area contributed by atoms with E-state index < -0.39 is 0 Å². The van der Waals surface area contributed by atoms with Gasteiger partial charge in [0.2, 0.25) is 0 Å². The van der Waals surface area contributed by atoms with Crippen molar-refractivity contribution in [2.75, 3.05) is 6.54 Å². The minimum atomic E-state index is 0.248. The van der Waals surface area contributed by atoms with Crippen molar-refractivity contribution in [1.29, 1.82) is 0 Å². The first kappa shape index (κ1) is 13.4. The highest BCUT2D eigenvalue weighted by atomic mass is 127. The molecule has 94 valence electrons. The molecule has 0 saturated carbocycles. The van der Waals surface area contributed by atoms with Crippen LogP contribution < -0.4 is 5.32 Å². The van der Waals surface area contributed by atoms with E-state index in [1.54, 1.807) is 12.5 Å². The molecule has 0 saturated heterocycles. The molecular weight excluding hydrogens is 337 g/mol. The van der Waals surface area contributed by atoms with Crippen LogP contribution in [-0.4, -0.2) is 16.5 Å². The summed E-state index contributed by atoms with van der Waals surface area (Å²) in [6.07, 6.45) is 4.34. The Hall–Kier alpha value is -1.01. The summed E-state index contributed by atoms with van der Waals surface area (Å²) in [4.78, 5) is 8.30. The summed E-state index contributed by atoms with van der Waals surface area (Å²) in [5.74, 6) is 0. The smallest absolute Gasteiger partial charge is 0.115 e. The molecule has 0 bridgehead atoms. The minimum Gasteiger partial charge on any atom is -0.309 e. The number of likely N-dealkylation sites (N-methyl/N-ethyl adjacent to an activating group) is 1. The first-order valence-electron chi connectivity index (χ1n) is 6.03. The second-order valence-corrected chi connectivity index (χ2v) is 5.32. The van der Waals surface area contributed by atoms with E-state index in [9.17, 15) is 0 Å². The predicted molar refractivity (Wildman–Crippen MR) is 81.3 cm³/mol. The quantitative estimate of drug-likeness (QED) is 0.840. The molecule has 3 nitrogen and oxygen atoms in total. The number of hydrogen-bond donors (Lipinski definition) is 1. The van der Waals surface area contributed by atoms with Gasteiger partial charge in [-0.1, -0.05) is 19.1 Å². The number of hydrogen-bond acceptors (Lipinski definition) is 3. The van der Waals surface area contributed by atoms with Crippen LogP contribution >= 0.6 is 22.6 Å². The van der Waals surface area contributed by atoms with Crippen LogP contribution in [0.2, 0.25) is 0 Å². The first-order valence-corrected chi connectivity index (χ1v) is 7.11. The van der Waals surface area contributed by atoms with E-state index in [0.717, 1.165) is 18.7 Å². The Morgan fingerprint density at radius 3 is 2.61 bits per heavy atom. The van der Waals surface area contributed by atoms with Gasteiger partial charge in [0.25, 0.3) is 0 Å². The van der Waals surface area contributed by atoms with Gasteiger partial charge in [0, 0.05) is 9.77 Å². The van der Waals surface area contributed by atoms with Crippen molar-refractivity contribution >= 4 is 22.6 Å². The van der Waals surface area contributed by atoms with Crippen LogP contribution in [0.15, 0.2) is 42.9 Å². The van der Waals surface area contributed by atoms with E-state index in [4.69, 9.17) is 0 Å². The molecule has 1 aromatic heterocycles. The minimum absolute atomic E-state index is 0.248. The predicted octanol–water partition coefficient (Wildman–Crippen LogP) is 2.97. The molecule has 4 heteroatoms. The van der Waals surface area contributed by atoms with E-state index in [2.05, 4.69) is 69.1 Å². The summed E-state index contributed by atoms with van der Waals surface area (Å²) in [7, 11) is 0. The highest BCUT2D eigenvalue weighted by Crippen LogP contribution is 2.17. The molecule has 0 radical (unpaired) electrons. The van der Waals surface area contributed by atoms with Gasteiger partial charge in [-0.05, 0) is 59.3 Å². The molecule has 1 heterocycles. The number of nitrogens with one attached hydrogen (secondary N) is 1. The standard InChI is InChI=1S/C14H16IN3/c1-2-17-14(13-7-8-16-10-18-13)9-11-3-5-12(15)6-4-11/h3-8,10,14,17H,2,9H2,1H3. The molecule has 1 atom stereocenters. The van der Waals surface area contributed by atoms with Gasteiger partial charge in [-0.15, -0.1) is 0 Å². The van der Waals surface area contributed by atoms with Gasteiger partial charge in [-0.25, -0.2) is 9.97 Å². The van der Waals surface area contributed by atoms with Crippen molar-refractivity contribution < 1.29 is 0 Å².